The molecule has 5 nitrogen and oxygen atoms in total. The number of carbonyl (C=O) groups excluding carboxylic acids is 2. The lowest BCUT2D eigenvalue weighted by Gasteiger charge is -2.21. The van der Waals surface area contributed by atoms with Crippen molar-refractivity contribution < 1.29 is 9.59 Å². The molecule has 2 aliphatic carbocycles. The number of benzene rings is 1. The van der Waals surface area contributed by atoms with E-state index in [4.69, 9.17) is 17.3 Å². The van der Waals surface area contributed by atoms with Gasteiger partial charge in [-0.2, -0.15) is 0 Å². The maximum Gasteiger partial charge on any atom is 0.338 e. The predicted molar refractivity (Wildman–Crippen MR) is 80.6 cm³/mol. The molecular formula is C15H18ClN3O2. The maximum absolute atomic E-state index is 12.3. The number of halogens is 1. The first kappa shape index (κ1) is 14.2. The minimum atomic E-state index is -0.714. The van der Waals surface area contributed by atoms with E-state index in [-0.39, 0.29) is 11.8 Å². The SMILES string of the molecule is NC(=O)N(NC(=O)C1C2CCCCC21)c1ccc(Cl)cc1. The number of amides is 3. The number of urea groups is 1. The Hall–Kier alpha value is -1.75. The molecule has 3 amide bonds. The third-order valence-corrected chi connectivity index (χ3v) is 4.74. The molecule has 3 N–H and O–H groups in total. The Kier molecular flexibility index (Phi) is 3.76. The number of primary amides is 1. The van der Waals surface area contributed by atoms with Crippen molar-refractivity contribution in [3.05, 3.63) is 29.3 Å². The van der Waals surface area contributed by atoms with Gasteiger partial charge in [-0.05, 0) is 48.9 Å². The molecule has 3 rings (SSSR count). The maximum atomic E-state index is 12.3. The third kappa shape index (κ3) is 2.83. The molecule has 6 heteroatoms. The largest absolute Gasteiger partial charge is 0.350 e. The second-order valence-electron chi connectivity index (χ2n) is 5.76. The summed E-state index contributed by atoms with van der Waals surface area (Å²) in [6, 6.07) is 5.88. The van der Waals surface area contributed by atoms with Gasteiger partial charge in [0.2, 0.25) is 5.91 Å². The van der Waals surface area contributed by atoms with Crippen molar-refractivity contribution >= 4 is 29.2 Å². The number of rotatable bonds is 2. The van der Waals surface area contributed by atoms with Gasteiger partial charge in [-0.1, -0.05) is 24.4 Å². The third-order valence-electron chi connectivity index (χ3n) is 4.49. The van der Waals surface area contributed by atoms with Crippen LogP contribution < -0.4 is 16.2 Å². The molecule has 2 aliphatic rings. The fourth-order valence-electron chi connectivity index (χ4n) is 3.40. The quantitative estimate of drug-likeness (QED) is 0.824. The van der Waals surface area contributed by atoms with Crippen LogP contribution in [0.25, 0.3) is 0 Å². The van der Waals surface area contributed by atoms with E-state index in [1.807, 2.05) is 0 Å². The van der Waals surface area contributed by atoms with E-state index < -0.39 is 6.03 Å². The van der Waals surface area contributed by atoms with Crippen LogP contribution in [0.3, 0.4) is 0 Å². The second kappa shape index (κ2) is 5.56. The summed E-state index contributed by atoms with van der Waals surface area (Å²) in [5.41, 5.74) is 8.51. The summed E-state index contributed by atoms with van der Waals surface area (Å²) in [5, 5.41) is 1.64. The highest BCUT2D eigenvalue weighted by atomic mass is 35.5. The van der Waals surface area contributed by atoms with Crippen molar-refractivity contribution in [3.8, 4) is 0 Å². The van der Waals surface area contributed by atoms with Crippen LogP contribution in [0.2, 0.25) is 5.02 Å². The van der Waals surface area contributed by atoms with Crippen molar-refractivity contribution in [1.29, 1.82) is 0 Å². The van der Waals surface area contributed by atoms with Crippen LogP contribution in [0, 0.1) is 17.8 Å². The lowest BCUT2D eigenvalue weighted by atomic mass is 10.0. The van der Waals surface area contributed by atoms with Crippen LogP contribution in [0.5, 0.6) is 0 Å². The first-order chi connectivity index (χ1) is 10.1. The molecule has 2 atom stereocenters. The van der Waals surface area contributed by atoms with Gasteiger partial charge in [0.15, 0.2) is 0 Å². The van der Waals surface area contributed by atoms with Gasteiger partial charge in [0, 0.05) is 10.9 Å². The van der Waals surface area contributed by atoms with Gasteiger partial charge in [-0.3, -0.25) is 10.2 Å². The molecule has 0 saturated heterocycles. The fourth-order valence-corrected chi connectivity index (χ4v) is 3.53. The van der Waals surface area contributed by atoms with Crippen molar-refractivity contribution in [2.75, 3.05) is 5.01 Å². The highest BCUT2D eigenvalue weighted by Gasteiger charge is 2.55. The van der Waals surface area contributed by atoms with Crippen LogP contribution in [0.15, 0.2) is 24.3 Å². The predicted octanol–water partition coefficient (Wildman–Crippen LogP) is 2.69. The molecule has 0 bridgehead atoms. The molecule has 0 heterocycles. The Balaban J connectivity index is 1.69. The summed E-state index contributed by atoms with van der Waals surface area (Å²) in [6.07, 6.45) is 4.61. The van der Waals surface area contributed by atoms with Crippen LogP contribution in [0.1, 0.15) is 25.7 Å². The molecule has 2 fully saturated rings. The summed E-state index contributed by atoms with van der Waals surface area (Å²) in [4.78, 5) is 23.9. The molecule has 1 aromatic carbocycles. The molecule has 2 saturated carbocycles. The number of hydrogen-bond donors (Lipinski definition) is 2. The molecule has 0 aromatic heterocycles. The first-order valence-corrected chi connectivity index (χ1v) is 7.61. The Morgan fingerprint density at radius 1 is 1.14 bits per heavy atom. The summed E-state index contributed by atoms with van der Waals surface area (Å²) < 4.78 is 0. The monoisotopic (exact) mass is 307 g/mol. The molecular weight excluding hydrogens is 290 g/mol. The standard InChI is InChI=1S/C15H18ClN3O2/c16-9-5-7-10(8-6-9)19(15(17)21)18-14(20)13-11-3-1-2-4-12(11)13/h5-8,11-13H,1-4H2,(H2,17,21)(H,18,20). The highest BCUT2D eigenvalue weighted by molar-refractivity contribution is 6.30. The van der Waals surface area contributed by atoms with E-state index in [9.17, 15) is 9.59 Å². The zero-order chi connectivity index (χ0) is 15.0. The smallest absolute Gasteiger partial charge is 0.338 e. The van der Waals surface area contributed by atoms with Crippen molar-refractivity contribution in [2.45, 2.75) is 25.7 Å². The lowest BCUT2D eigenvalue weighted by molar-refractivity contribution is -0.122. The Morgan fingerprint density at radius 3 is 2.24 bits per heavy atom. The minimum absolute atomic E-state index is 0.0293. The van der Waals surface area contributed by atoms with Crippen molar-refractivity contribution in [3.63, 3.8) is 0 Å². The molecule has 112 valence electrons. The van der Waals surface area contributed by atoms with Crippen LogP contribution in [0.4, 0.5) is 10.5 Å². The van der Waals surface area contributed by atoms with Crippen molar-refractivity contribution in [2.24, 2.45) is 23.5 Å². The van der Waals surface area contributed by atoms with Gasteiger partial charge >= 0.3 is 6.03 Å². The summed E-state index contributed by atoms with van der Waals surface area (Å²) in [7, 11) is 0. The number of nitrogens with one attached hydrogen (secondary N) is 1. The fraction of sp³-hybridized carbons (Fsp3) is 0.467. The minimum Gasteiger partial charge on any atom is -0.350 e. The Morgan fingerprint density at radius 2 is 1.71 bits per heavy atom. The zero-order valence-corrected chi connectivity index (χ0v) is 12.3. The summed E-state index contributed by atoms with van der Waals surface area (Å²) in [6.45, 7) is 0. The zero-order valence-electron chi connectivity index (χ0n) is 11.6. The number of nitrogens with two attached hydrogens (primary N) is 1. The van der Waals surface area contributed by atoms with Gasteiger partial charge in [-0.25, -0.2) is 9.80 Å². The van der Waals surface area contributed by atoms with Crippen LogP contribution in [-0.2, 0) is 4.79 Å². The topological polar surface area (TPSA) is 75.4 Å². The molecule has 2 unspecified atom stereocenters. The van der Waals surface area contributed by atoms with E-state index in [1.54, 1.807) is 24.3 Å². The van der Waals surface area contributed by atoms with Crippen LogP contribution >= 0.6 is 11.6 Å². The van der Waals surface area contributed by atoms with E-state index in [1.165, 1.54) is 12.8 Å². The normalized spacial score (nSPS) is 26.6. The molecule has 0 spiro atoms. The summed E-state index contributed by atoms with van der Waals surface area (Å²) >= 11 is 5.82. The van der Waals surface area contributed by atoms with Gasteiger partial charge < -0.3 is 5.73 Å². The van der Waals surface area contributed by atoms with Gasteiger partial charge in [0.1, 0.15) is 0 Å². The number of hydrazine groups is 1. The van der Waals surface area contributed by atoms with E-state index in [0.29, 0.717) is 22.5 Å². The molecule has 21 heavy (non-hydrogen) atoms. The van der Waals surface area contributed by atoms with Crippen LogP contribution in [-0.4, -0.2) is 11.9 Å². The number of anilines is 1. The van der Waals surface area contributed by atoms with Gasteiger partial charge in [0.05, 0.1) is 5.69 Å². The molecule has 1 aromatic rings. The van der Waals surface area contributed by atoms with E-state index in [2.05, 4.69) is 5.43 Å². The Bertz CT molecular complexity index is 549. The highest BCUT2D eigenvalue weighted by Crippen LogP contribution is 2.55. The molecule has 0 aliphatic heterocycles. The van der Waals surface area contributed by atoms with Gasteiger partial charge in [-0.15, -0.1) is 0 Å². The Labute approximate surface area is 128 Å². The van der Waals surface area contributed by atoms with Crippen molar-refractivity contribution in [1.82, 2.24) is 5.43 Å². The first-order valence-electron chi connectivity index (χ1n) is 7.23. The van der Waals surface area contributed by atoms with Gasteiger partial charge in [0.25, 0.3) is 0 Å². The average molecular weight is 308 g/mol. The summed E-state index contributed by atoms with van der Waals surface area (Å²) in [5.74, 6) is 0.889. The van der Waals surface area contributed by atoms with E-state index >= 15 is 0 Å². The number of nitrogens with zero attached hydrogens (tertiary/aromatic N) is 1. The average Bonchev–Trinajstić information content (AvgIpc) is 3.20. The molecule has 0 radical (unpaired) electrons. The number of hydrogen-bond acceptors (Lipinski definition) is 2. The lowest BCUT2D eigenvalue weighted by Crippen LogP contribution is -2.50. The van der Waals surface area contributed by atoms with E-state index in [0.717, 1.165) is 17.9 Å². The number of carbonyl (C=O) groups is 2. The number of fused-ring (bicyclic) bond motifs is 1. The second-order valence-corrected chi connectivity index (χ2v) is 6.20.